The molecule has 0 fully saturated rings. The molecular formula is C11H16F3N3. The highest BCUT2D eigenvalue weighted by Crippen LogP contribution is 2.20. The van der Waals surface area contributed by atoms with E-state index in [1.807, 2.05) is 0 Å². The zero-order valence-corrected chi connectivity index (χ0v) is 9.83. The van der Waals surface area contributed by atoms with Gasteiger partial charge in [0, 0.05) is 18.8 Å². The molecule has 0 aliphatic carbocycles. The third-order valence-corrected chi connectivity index (χ3v) is 2.34. The van der Waals surface area contributed by atoms with Crippen molar-refractivity contribution in [3.63, 3.8) is 0 Å². The summed E-state index contributed by atoms with van der Waals surface area (Å²) in [6.07, 6.45) is -2.69. The molecule has 0 amide bonds. The van der Waals surface area contributed by atoms with Gasteiger partial charge in [-0.1, -0.05) is 0 Å². The fraction of sp³-hybridized carbons (Fsp3) is 0.545. The van der Waals surface area contributed by atoms with Gasteiger partial charge in [0.2, 0.25) is 0 Å². The molecule has 2 N–H and O–H groups in total. The van der Waals surface area contributed by atoms with E-state index in [1.165, 1.54) is 11.1 Å². The monoisotopic (exact) mass is 247 g/mol. The topological polar surface area (TPSA) is 42.2 Å². The number of halogens is 3. The summed E-state index contributed by atoms with van der Waals surface area (Å²) in [6, 6.07) is 3.07. The van der Waals surface area contributed by atoms with Crippen molar-refractivity contribution in [2.75, 3.05) is 12.3 Å². The lowest BCUT2D eigenvalue weighted by atomic mass is 10.2. The first-order valence-corrected chi connectivity index (χ1v) is 5.29. The van der Waals surface area contributed by atoms with E-state index >= 15 is 0 Å². The van der Waals surface area contributed by atoms with Gasteiger partial charge in [-0.25, -0.2) is 4.98 Å². The molecule has 0 aromatic carbocycles. The molecule has 0 bridgehead atoms. The summed E-state index contributed by atoms with van der Waals surface area (Å²) in [4.78, 5) is 5.15. The van der Waals surface area contributed by atoms with Gasteiger partial charge in [-0.15, -0.1) is 0 Å². The number of nitrogens with zero attached hydrogens (tertiary/aromatic N) is 2. The molecular weight excluding hydrogens is 231 g/mol. The zero-order chi connectivity index (χ0) is 13.1. The van der Waals surface area contributed by atoms with Crippen molar-refractivity contribution in [1.82, 2.24) is 9.88 Å². The van der Waals surface area contributed by atoms with Gasteiger partial charge < -0.3 is 5.73 Å². The van der Waals surface area contributed by atoms with E-state index in [4.69, 9.17) is 5.73 Å². The molecule has 6 heteroatoms. The number of anilines is 1. The number of nitrogen functional groups attached to an aromatic ring is 1. The van der Waals surface area contributed by atoms with Crippen molar-refractivity contribution < 1.29 is 13.2 Å². The van der Waals surface area contributed by atoms with Crippen LogP contribution in [0.15, 0.2) is 18.3 Å². The SMILES string of the molecule is CC(C)N(Cc1ccnc(N)c1)CC(F)(F)F. The summed E-state index contributed by atoms with van der Waals surface area (Å²) >= 11 is 0. The van der Waals surface area contributed by atoms with Gasteiger partial charge in [0.05, 0.1) is 6.54 Å². The molecule has 1 heterocycles. The van der Waals surface area contributed by atoms with Crippen LogP contribution in [-0.4, -0.2) is 28.6 Å². The van der Waals surface area contributed by atoms with Gasteiger partial charge in [0.15, 0.2) is 0 Å². The standard InChI is InChI=1S/C11H16F3N3/c1-8(2)17(7-11(12,13)14)6-9-3-4-16-10(15)5-9/h3-5,8H,6-7H2,1-2H3,(H2,15,16). The zero-order valence-electron chi connectivity index (χ0n) is 9.83. The van der Waals surface area contributed by atoms with Crippen molar-refractivity contribution in [1.29, 1.82) is 0 Å². The highest BCUT2D eigenvalue weighted by molar-refractivity contribution is 5.31. The van der Waals surface area contributed by atoms with E-state index in [1.54, 1.807) is 26.0 Å². The third kappa shape index (κ3) is 5.04. The Hall–Kier alpha value is -1.30. The summed E-state index contributed by atoms with van der Waals surface area (Å²) in [5.41, 5.74) is 6.22. The normalized spacial score (nSPS) is 12.4. The maximum Gasteiger partial charge on any atom is 0.401 e. The Labute approximate surface area is 98.4 Å². The summed E-state index contributed by atoms with van der Waals surface area (Å²) < 4.78 is 37.1. The second kappa shape index (κ2) is 5.35. The fourth-order valence-corrected chi connectivity index (χ4v) is 1.48. The molecule has 96 valence electrons. The van der Waals surface area contributed by atoms with Crippen molar-refractivity contribution in [2.24, 2.45) is 0 Å². The van der Waals surface area contributed by atoms with Crippen LogP contribution in [0.2, 0.25) is 0 Å². The van der Waals surface area contributed by atoms with Crippen molar-refractivity contribution >= 4 is 5.82 Å². The molecule has 0 aliphatic heterocycles. The molecule has 0 saturated heterocycles. The highest BCUT2D eigenvalue weighted by Gasteiger charge is 2.31. The van der Waals surface area contributed by atoms with Crippen LogP contribution in [0.4, 0.5) is 19.0 Å². The van der Waals surface area contributed by atoms with Gasteiger partial charge in [-0.3, -0.25) is 4.90 Å². The van der Waals surface area contributed by atoms with E-state index in [-0.39, 0.29) is 12.6 Å². The molecule has 1 rings (SSSR count). The van der Waals surface area contributed by atoms with Crippen molar-refractivity contribution in [3.05, 3.63) is 23.9 Å². The minimum absolute atomic E-state index is 0.189. The third-order valence-electron chi connectivity index (χ3n) is 2.34. The Balaban J connectivity index is 2.74. The second-order valence-corrected chi connectivity index (χ2v) is 4.20. The number of rotatable bonds is 4. The number of alkyl halides is 3. The highest BCUT2D eigenvalue weighted by atomic mass is 19.4. The van der Waals surface area contributed by atoms with Crippen LogP contribution in [0.3, 0.4) is 0 Å². The van der Waals surface area contributed by atoms with Crippen LogP contribution in [0.5, 0.6) is 0 Å². The summed E-state index contributed by atoms with van der Waals surface area (Å²) in [5, 5.41) is 0. The van der Waals surface area contributed by atoms with E-state index in [2.05, 4.69) is 4.98 Å². The Kier molecular flexibility index (Phi) is 4.34. The van der Waals surface area contributed by atoms with Crippen molar-refractivity contribution in [2.45, 2.75) is 32.6 Å². The molecule has 1 aromatic heterocycles. The van der Waals surface area contributed by atoms with Crippen LogP contribution >= 0.6 is 0 Å². The van der Waals surface area contributed by atoms with E-state index in [0.717, 1.165) is 5.56 Å². The molecule has 0 radical (unpaired) electrons. The lowest BCUT2D eigenvalue weighted by molar-refractivity contribution is -0.150. The first-order chi connectivity index (χ1) is 7.78. The molecule has 0 saturated carbocycles. The van der Waals surface area contributed by atoms with Gasteiger partial charge >= 0.3 is 6.18 Å². The second-order valence-electron chi connectivity index (χ2n) is 4.20. The molecule has 0 unspecified atom stereocenters. The smallest absolute Gasteiger partial charge is 0.384 e. The average molecular weight is 247 g/mol. The Morgan fingerprint density at radius 3 is 2.53 bits per heavy atom. The largest absolute Gasteiger partial charge is 0.401 e. The van der Waals surface area contributed by atoms with Crippen molar-refractivity contribution in [3.8, 4) is 0 Å². The fourth-order valence-electron chi connectivity index (χ4n) is 1.48. The Bertz CT molecular complexity index is 363. The van der Waals surface area contributed by atoms with Gasteiger partial charge in [-0.05, 0) is 31.5 Å². The molecule has 17 heavy (non-hydrogen) atoms. The van der Waals surface area contributed by atoms with Crippen LogP contribution in [0, 0.1) is 0 Å². The van der Waals surface area contributed by atoms with E-state index in [9.17, 15) is 13.2 Å². The molecule has 0 atom stereocenters. The predicted molar refractivity (Wildman–Crippen MR) is 60.3 cm³/mol. The molecule has 3 nitrogen and oxygen atoms in total. The predicted octanol–water partition coefficient (Wildman–Crippen LogP) is 2.44. The lowest BCUT2D eigenvalue weighted by Gasteiger charge is -2.27. The van der Waals surface area contributed by atoms with Gasteiger partial charge in [-0.2, -0.15) is 13.2 Å². The van der Waals surface area contributed by atoms with Crippen LogP contribution in [0.25, 0.3) is 0 Å². The average Bonchev–Trinajstić information content (AvgIpc) is 2.14. The quantitative estimate of drug-likeness (QED) is 0.888. The number of aromatic nitrogens is 1. The molecule has 0 spiro atoms. The summed E-state index contributed by atoms with van der Waals surface area (Å²) in [6.45, 7) is 2.75. The summed E-state index contributed by atoms with van der Waals surface area (Å²) in [5.74, 6) is 0.318. The molecule has 1 aromatic rings. The minimum Gasteiger partial charge on any atom is -0.384 e. The van der Waals surface area contributed by atoms with Gasteiger partial charge in [0.25, 0.3) is 0 Å². The Morgan fingerprint density at radius 2 is 2.06 bits per heavy atom. The minimum atomic E-state index is -4.19. The number of pyridine rings is 1. The maximum atomic E-state index is 12.4. The van der Waals surface area contributed by atoms with Crippen LogP contribution in [-0.2, 0) is 6.54 Å². The number of hydrogen-bond donors (Lipinski definition) is 1. The number of nitrogens with two attached hydrogens (primary N) is 1. The van der Waals surface area contributed by atoms with Gasteiger partial charge in [0.1, 0.15) is 5.82 Å². The van der Waals surface area contributed by atoms with Crippen LogP contribution < -0.4 is 5.73 Å². The Morgan fingerprint density at radius 1 is 1.41 bits per heavy atom. The van der Waals surface area contributed by atoms with E-state index in [0.29, 0.717) is 5.82 Å². The number of hydrogen-bond acceptors (Lipinski definition) is 3. The molecule has 0 aliphatic rings. The maximum absolute atomic E-state index is 12.4. The first-order valence-electron chi connectivity index (χ1n) is 5.29. The first kappa shape index (κ1) is 13.8. The van der Waals surface area contributed by atoms with E-state index < -0.39 is 12.7 Å². The summed E-state index contributed by atoms with van der Waals surface area (Å²) in [7, 11) is 0. The lowest BCUT2D eigenvalue weighted by Crippen LogP contribution is -2.38. The van der Waals surface area contributed by atoms with Crippen LogP contribution in [0.1, 0.15) is 19.4 Å².